The molecule has 1 heterocycles. The van der Waals surface area contributed by atoms with E-state index in [1.54, 1.807) is 0 Å². The minimum Gasteiger partial charge on any atom is -0.464 e. The fraction of sp³-hybridized carbons (Fsp3) is 0.500. The van der Waals surface area contributed by atoms with Gasteiger partial charge >= 0.3 is 6.09 Å². The Morgan fingerprint density at radius 1 is 1.37 bits per heavy atom. The van der Waals surface area contributed by atoms with E-state index in [1.807, 2.05) is 35.3 Å². The summed E-state index contributed by atoms with van der Waals surface area (Å²) in [5.74, 6) is 0.173. The van der Waals surface area contributed by atoms with Crippen LogP contribution in [0.15, 0.2) is 30.3 Å². The highest BCUT2D eigenvalue weighted by molar-refractivity contribution is 5.64. The summed E-state index contributed by atoms with van der Waals surface area (Å²) in [5.41, 5.74) is 0.969. The number of aliphatic hydroxyl groups excluding tert-OH is 1. The van der Waals surface area contributed by atoms with Gasteiger partial charge in [0, 0.05) is 19.7 Å². The van der Waals surface area contributed by atoms with Crippen LogP contribution in [-0.4, -0.2) is 46.0 Å². The number of rotatable bonds is 4. The minimum atomic E-state index is -0.942. The molecule has 1 fully saturated rings. The van der Waals surface area contributed by atoms with Crippen LogP contribution in [0.3, 0.4) is 0 Å². The lowest BCUT2D eigenvalue weighted by molar-refractivity contribution is -0.0496. The lowest BCUT2D eigenvalue weighted by Gasteiger charge is -2.38. The van der Waals surface area contributed by atoms with Gasteiger partial charge in [-0.05, 0) is 24.3 Å². The molecule has 0 bridgehead atoms. The largest absolute Gasteiger partial charge is 0.464 e. The van der Waals surface area contributed by atoms with Crippen molar-refractivity contribution in [3.8, 4) is 0 Å². The summed E-state index contributed by atoms with van der Waals surface area (Å²) < 4.78 is 0. The Balaban J connectivity index is 2.05. The molecule has 1 unspecified atom stereocenters. The molecule has 2 N–H and O–H groups in total. The van der Waals surface area contributed by atoms with Crippen LogP contribution >= 0.6 is 0 Å². The fourth-order valence-corrected chi connectivity index (χ4v) is 2.46. The molecule has 1 aliphatic heterocycles. The van der Waals surface area contributed by atoms with Gasteiger partial charge in [0.25, 0.3) is 0 Å². The predicted molar refractivity (Wildman–Crippen MR) is 71.4 cm³/mol. The number of hydrazine groups is 1. The molecule has 1 atom stereocenters. The van der Waals surface area contributed by atoms with Crippen LogP contribution in [-0.2, 0) is 6.54 Å². The number of benzene rings is 1. The summed E-state index contributed by atoms with van der Waals surface area (Å²) in [6.45, 7) is 1.81. The summed E-state index contributed by atoms with van der Waals surface area (Å²) in [6.07, 6.45) is 0.942. The van der Waals surface area contributed by atoms with Crippen LogP contribution in [0.5, 0.6) is 0 Å². The number of aliphatic hydroxyl groups is 1. The molecule has 104 valence electrons. The molecule has 2 rings (SSSR count). The summed E-state index contributed by atoms with van der Waals surface area (Å²) in [7, 11) is 0. The highest BCUT2D eigenvalue weighted by atomic mass is 16.4. The van der Waals surface area contributed by atoms with Crippen molar-refractivity contribution in [1.29, 1.82) is 0 Å². The van der Waals surface area contributed by atoms with Gasteiger partial charge in [-0.15, -0.1) is 0 Å². The van der Waals surface area contributed by atoms with Crippen LogP contribution in [0.1, 0.15) is 18.4 Å². The quantitative estimate of drug-likeness (QED) is 0.870. The van der Waals surface area contributed by atoms with Crippen molar-refractivity contribution in [2.24, 2.45) is 5.92 Å². The Labute approximate surface area is 113 Å². The first-order valence-corrected chi connectivity index (χ1v) is 6.61. The molecule has 1 saturated heterocycles. The van der Waals surface area contributed by atoms with Crippen molar-refractivity contribution in [3.05, 3.63) is 35.9 Å². The van der Waals surface area contributed by atoms with Crippen molar-refractivity contribution in [1.82, 2.24) is 10.0 Å². The van der Waals surface area contributed by atoms with E-state index < -0.39 is 6.09 Å². The zero-order valence-electron chi connectivity index (χ0n) is 10.9. The van der Waals surface area contributed by atoms with E-state index in [-0.39, 0.29) is 12.5 Å². The van der Waals surface area contributed by atoms with Crippen LogP contribution in [0.25, 0.3) is 0 Å². The van der Waals surface area contributed by atoms with E-state index >= 15 is 0 Å². The first-order valence-electron chi connectivity index (χ1n) is 6.61. The molecule has 1 aliphatic rings. The summed E-state index contributed by atoms with van der Waals surface area (Å²) in [6, 6.07) is 9.56. The van der Waals surface area contributed by atoms with Gasteiger partial charge in [-0.25, -0.2) is 14.8 Å². The normalized spacial score (nSPS) is 20.2. The van der Waals surface area contributed by atoms with Gasteiger partial charge < -0.3 is 10.2 Å². The van der Waals surface area contributed by atoms with Gasteiger partial charge in [-0.2, -0.15) is 0 Å². The summed E-state index contributed by atoms with van der Waals surface area (Å²) in [5, 5.41) is 21.8. The number of hydrogen-bond acceptors (Lipinski definition) is 3. The molecular weight excluding hydrogens is 244 g/mol. The van der Waals surface area contributed by atoms with Gasteiger partial charge in [0.2, 0.25) is 0 Å². The molecule has 5 heteroatoms. The second-order valence-electron chi connectivity index (χ2n) is 4.93. The maximum absolute atomic E-state index is 11.4. The molecule has 0 radical (unpaired) electrons. The number of nitrogens with zero attached hydrogens (tertiary/aromatic N) is 2. The van der Waals surface area contributed by atoms with Crippen LogP contribution in [0, 0.1) is 5.92 Å². The second kappa shape index (κ2) is 6.54. The van der Waals surface area contributed by atoms with Gasteiger partial charge in [-0.3, -0.25) is 0 Å². The first kappa shape index (κ1) is 13.8. The average Bonchev–Trinajstić information content (AvgIpc) is 2.45. The molecule has 5 nitrogen and oxygen atoms in total. The van der Waals surface area contributed by atoms with Gasteiger partial charge in [0.15, 0.2) is 0 Å². The molecule has 0 saturated carbocycles. The standard InChI is InChI=1S/C14H20N2O3/c17-11-13-7-4-8-15(9-13)16(14(18)19)10-12-5-2-1-3-6-12/h1-3,5-6,13,17H,4,7-11H2,(H,18,19). The van der Waals surface area contributed by atoms with Gasteiger partial charge in [-0.1, -0.05) is 30.3 Å². The lowest BCUT2D eigenvalue weighted by atomic mass is 10.0. The van der Waals surface area contributed by atoms with Crippen LogP contribution < -0.4 is 0 Å². The molecule has 19 heavy (non-hydrogen) atoms. The molecule has 1 aromatic carbocycles. The van der Waals surface area contributed by atoms with Crippen molar-refractivity contribution >= 4 is 6.09 Å². The number of amides is 1. The zero-order valence-corrected chi connectivity index (χ0v) is 10.9. The van der Waals surface area contributed by atoms with Gasteiger partial charge in [0.1, 0.15) is 0 Å². The smallest absolute Gasteiger partial charge is 0.422 e. The average molecular weight is 264 g/mol. The topological polar surface area (TPSA) is 64.0 Å². The van der Waals surface area contributed by atoms with Crippen molar-refractivity contribution in [2.45, 2.75) is 19.4 Å². The Kier molecular flexibility index (Phi) is 4.76. The van der Waals surface area contributed by atoms with Crippen molar-refractivity contribution in [2.75, 3.05) is 19.7 Å². The zero-order chi connectivity index (χ0) is 13.7. The maximum atomic E-state index is 11.4. The Bertz CT molecular complexity index is 410. The summed E-state index contributed by atoms with van der Waals surface area (Å²) in [4.78, 5) is 11.4. The number of carboxylic acid groups (broad SMARTS) is 1. The van der Waals surface area contributed by atoms with E-state index in [0.29, 0.717) is 13.1 Å². The first-order chi connectivity index (χ1) is 9.20. The minimum absolute atomic E-state index is 0.120. The fourth-order valence-electron chi connectivity index (χ4n) is 2.46. The van der Waals surface area contributed by atoms with Crippen molar-refractivity contribution in [3.63, 3.8) is 0 Å². The Morgan fingerprint density at radius 3 is 2.74 bits per heavy atom. The third-order valence-corrected chi connectivity index (χ3v) is 3.49. The third kappa shape index (κ3) is 3.68. The molecule has 1 aromatic rings. The number of piperidine rings is 1. The lowest BCUT2D eigenvalue weighted by Crippen LogP contribution is -2.50. The third-order valence-electron chi connectivity index (χ3n) is 3.49. The van der Waals surface area contributed by atoms with Crippen LogP contribution in [0.4, 0.5) is 4.79 Å². The predicted octanol–water partition coefficient (Wildman–Crippen LogP) is 1.79. The second-order valence-corrected chi connectivity index (χ2v) is 4.93. The van der Waals surface area contributed by atoms with Crippen LogP contribution in [0.2, 0.25) is 0 Å². The molecule has 1 amide bonds. The van der Waals surface area contributed by atoms with Gasteiger partial charge in [0.05, 0.1) is 6.54 Å². The highest BCUT2D eigenvalue weighted by Crippen LogP contribution is 2.19. The maximum Gasteiger partial charge on any atom is 0.422 e. The molecular formula is C14H20N2O3. The number of carbonyl (C=O) groups is 1. The van der Waals surface area contributed by atoms with E-state index in [9.17, 15) is 15.0 Å². The van der Waals surface area contributed by atoms with E-state index in [0.717, 1.165) is 24.9 Å². The highest BCUT2D eigenvalue weighted by Gasteiger charge is 2.27. The molecule has 0 aliphatic carbocycles. The molecule has 0 aromatic heterocycles. The summed E-state index contributed by atoms with van der Waals surface area (Å²) >= 11 is 0. The van der Waals surface area contributed by atoms with E-state index in [1.165, 1.54) is 5.01 Å². The Morgan fingerprint density at radius 2 is 2.11 bits per heavy atom. The number of hydrogen-bond donors (Lipinski definition) is 2. The Hall–Kier alpha value is -1.59. The van der Waals surface area contributed by atoms with Crippen molar-refractivity contribution < 1.29 is 15.0 Å². The molecule has 0 spiro atoms. The van der Waals surface area contributed by atoms with E-state index in [2.05, 4.69) is 0 Å². The monoisotopic (exact) mass is 264 g/mol. The SMILES string of the molecule is O=C(O)N(Cc1ccccc1)N1CCCC(CO)C1. The van der Waals surface area contributed by atoms with E-state index in [4.69, 9.17) is 0 Å².